The van der Waals surface area contributed by atoms with Crippen LogP contribution in [-0.4, -0.2) is 68.0 Å². The van der Waals surface area contributed by atoms with Crippen molar-refractivity contribution in [3.63, 3.8) is 0 Å². The normalized spacial score (nSPS) is 27.4. The number of ether oxygens (including phenoxy) is 5. The Kier molecular flexibility index (Phi) is 8.05. The number of carbonyl (C=O) groups excluding carboxylic acids is 1. The number of rotatable bonds is 9. The molecule has 3 fully saturated rings. The van der Waals surface area contributed by atoms with Gasteiger partial charge >= 0.3 is 0 Å². The SMILES string of the molecule is CC1(C)OC2OC(C(=O)NCc3ccc(CN(Cc4ccccn4)Cc4ccccn4)nc3)C3OC(C)(C)OC3C2O1. The van der Waals surface area contributed by atoms with Crippen LogP contribution in [0.3, 0.4) is 0 Å². The molecule has 3 aromatic heterocycles. The molecule has 0 radical (unpaired) electrons. The summed E-state index contributed by atoms with van der Waals surface area (Å²) < 4.78 is 30.2. The Morgan fingerprint density at radius 2 is 1.36 bits per heavy atom. The maximum Gasteiger partial charge on any atom is 0.252 e. The lowest BCUT2D eigenvalue weighted by Gasteiger charge is -2.36. The second kappa shape index (κ2) is 11.8. The van der Waals surface area contributed by atoms with E-state index in [2.05, 4.69) is 25.2 Å². The van der Waals surface area contributed by atoms with E-state index in [0.29, 0.717) is 19.6 Å². The predicted molar refractivity (Wildman–Crippen MR) is 150 cm³/mol. The molecule has 11 heteroatoms. The summed E-state index contributed by atoms with van der Waals surface area (Å²) in [6.07, 6.45) is 2.15. The molecule has 5 unspecified atom stereocenters. The minimum Gasteiger partial charge on any atom is -0.350 e. The Bertz CT molecular complexity index is 1320. The summed E-state index contributed by atoms with van der Waals surface area (Å²) in [5, 5.41) is 2.97. The van der Waals surface area contributed by atoms with Crippen molar-refractivity contribution in [3.05, 3.63) is 89.8 Å². The highest BCUT2D eigenvalue weighted by atomic mass is 16.9. The van der Waals surface area contributed by atoms with Gasteiger partial charge in [0, 0.05) is 44.8 Å². The molecule has 6 heterocycles. The number of amides is 1. The smallest absolute Gasteiger partial charge is 0.252 e. The molecular weight excluding hydrogens is 538 g/mol. The Balaban J connectivity index is 1.08. The molecule has 1 amide bonds. The highest BCUT2D eigenvalue weighted by Crippen LogP contribution is 2.44. The zero-order valence-electron chi connectivity index (χ0n) is 24.3. The first kappa shape index (κ1) is 28.8. The zero-order valence-corrected chi connectivity index (χ0v) is 24.3. The molecule has 5 atom stereocenters. The number of aromatic nitrogens is 3. The summed E-state index contributed by atoms with van der Waals surface area (Å²) in [6, 6.07) is 15.8. The number of nitrogens with zero attached hydrogens (tertiary/aromatic N) is 4. The van der Waals surface area contributed by atoms with Crippen LogP contribution in [0.15, 0.2) is 67.1 Å². The average molecular weight is 576 g/mol. The topological polar surface area (TPSA) is 117 Å². The monoisotopic (exact) mass is 575 g/mol. The van der Waals surface area contributed by atoms with Crippen molar-refractivity contribution >= 4 is 5.91 Å². The van der Waals surface area contributed by atoms with E-state index in [0.717, 1.165) is 22.6 Å². The van der Waals surface area contributed by atoms with Crippen molar-refractivity contribution in [2.24, 2.45) is 0 Å². The number of hydrogen-bond acceptors (Lipinski definition) is 10. The second-order valence-corrected chi connectivity index (χ2v) is 11.8. The van der Waals surface area contributed by atoms with E-state index in [4.69, 9.17) is 23.7 Å². The van der Waals surface area contributed by atoms with Gasteiger partial charge in [0.1, 0.15) is 18.3 Å². The fraction of sp³-hybridized carbons (Fsp3) is 0.484. The molecule has 0 aliphatic carbocycles. The quantitative estimate of drug-likeness (QED) is 0.408. The maximum atomic E-state index is 13.3. The van der Waals surface area contributed by atoms with Crippen LogP contribution >= 0.6 is 0 Å². The first-order valence-corrected chi connectivity index (χ1v) is 14.2. The summed E-state index contributed by atoms with van der Waals surface area (Å²) in [4.78, 5) is 29.2. The third-order valence-electron chi connectivity index (χ3n) is 7.37. The van der Waals surface area contributed by atoms with Gasteiger partial charge in [0.25, 0.3) is 5.91 Å². The van der Waals surface area contributed by atoms with E-state index in [1.807, 2.05) is 76.2 Å². The second-order valence-electron chi connectivity index (χ2n) is 11.8. The molecular formula is C31H37N5O6. The Labute approximate surface area is 245 Å². The first-order valence-electron chi connectivity index (χ1n) is 14.2. The molecule has 3 aliphatic rings. The number of pyridine rings is 3. The Hall–Kier alpha value is -3.32. The summed E-state index contributed by atoms with van der Waals surface area (Å²) in [5.41, 5.74) is 3.72. The third-order valence-corrected chi connectivity index (χ3v) is 7.37. The fourth-order valence-corrected chi connectivity index (χ4v) is 5.60. The van der Waals surface area contributed by atoms with Crippen LogP contribution in [0, 0.1) is 0 Å². The predicted octanol–water partition coefficient (Wildman–Crippen LogP) is 3.09. The highest BCUT2D eigenvalue weighted by molar-refractivity contribution is 5.81. The molecule has 0 aromatic carbocycles. The fourth-order valence-electron chi connectivity index (χ4n) is 5.60. The summed E-state index contributed by atoms with van der Waals surface area (Å²) in [5.74, 6) is -2.03. The minimum absolute atomic E-state index is 0.288. The number of hydrogen-bond donors (Lipinski definition) is 1. The number of fused-ring (bicyclic) bond motifs is 3. The molecule has 1 N–H and O–H groups in total. The Morgan fingerprint density at radius 1 is 0.762 bits per heavy atom. The van der Waals surface area contributed by atoms with Gasteiger partial charge in [-0.25, -0.2) is 0 Å². The van der Waals surface area contributed by atoms with Crippen molar-refractivity contribution in [1.29, 1.82) is 0 Å². The van der Waals surface area contributed by atoms with Crippen molar-refractivity contribution in [2.75, 3.05) is 0 Å². The third kappa shape index (κ3) is 6.67. The standard InChI is InChI=1S/C31H37N5O6/c1-30(2)39-24-25(40-30)27-29(42-31(3,4)41-27)38-26(24)28(37)35-16-20-11-12-23(34-15-20)19-36(17-21-9-5-7-13-32-21)18-22-10-6-8-14-33-22/h5-15,24-27,29H,16-19H2,1-4H3,(H,35,37). The summed E-state index contributed by atoms with van der Waals surface area (Å²) >= 11 is 0. The maximum absolute atomic E-state index is 13.3. The molecule has 3 saturated heterocycles. The molecule has 0 saturated carbocycles. The Morgan fingerprint density at radius 3 is 1.95 bits per heavy atom. The van der Waals surface area contributed by atoms with Gasteiger partial charge in [0.15, 0.2) is 24.0 Å². The van der Waals surface area contributed by atoms with Crippen LogP contribution in [-0.2, 0) is 54.7 Å². The molecule has 0 bridgehead atoms. The molecule has 3 aromatic rings. The van der Waals surface area contributed by atoms with E-state index in [1.165, 1.54) is 0 Å². The van der Waals surface area contributed by atoms with Crippen molar-refractivity contribution in [2.45, 2.75) is 96.2 Å². The van der Waals surface area contributed by atoms with Gasteiger partial charge in [0.05, 0.1) is 17.1 Å². The highest BCUT2D eigenvalue weighted by Gasteiger charge is 2.62. The number of carbonyl (C=O) groups is 1. The lowest BCUT2D eigenvalue weighted by atomic mass is 9.98. The van der Waals surface area contributed by atoms with E-state index in [1.54, 1.807) is 18.6 Å². The lowest BCUT2D eigenvalue weighted by molar-refractivity contribution is -0.231. The summed E-state index contributed by atoms with van der Waals surface area (Å²) in [6.45, 7) is 9.49. The molecule has 3 aliphatic heterocycles. The van der Waals surface area contributed by atoms with Crippen LogP contribution in [0.1, 0.15) is 50.3 Å². The molecule has 0 spiro atoms. The van der Waals surface area contributed by atoms with Gasteiger partial charge < -0.3 is 29.0 Å². The lowest BCUT2D eigenvalue weighted by Crippen LogP contribution is -2.59. The van der Waals surface area contributed by atoms with Gasteiger partial charge in [-0.2, -0.15) is 0 Å². The van der Waals surface area contributed by atoms with Crippen molar-refractivity contribution in [3.8, 4) is 0 Å². The largest absolute Gasteiger partial charge is 0.350 e. The van der Waals surface area contributed by atoms with E-state index >= 15 is 0 Å². The van der Waals surface area contributed by atoms with E-state index in [-0.39, 0.29) is 12.5 Å². The van der Waals surface area contributed by atoms with Gasteiger partial charge in [-0.3, -0.25) is 24.6 Å². The van der Waals surface area contributed by atoms with Crippen LogP contribution in [0.25, 0.3) is 0 Å². The zero-order chi connectivity index (χ0) is 29.3. The summed E-state index contributed by atoms with van der Waals surface area (Å²) in [7, 11) is 0. The van der Waals surface area contributed by atoms with Crippen LogP contribution in [0.5, 0.6) is 0 Å². The van der Waals surface area contributed by atoms with Crippen LogP contribution in [0.4, 0.5) is 0 Å². The molecule has 222 valence electrons. The first-order chi connectivity index (χ1) is 20.1. The molecule has 6 rings (SSSR count). The van der Waals surface area contributed by atoms with Crippen molar-refractivity contribution in [1.82, 2.24) is 25.2 Å². The van der Waals surface area contributed by atoms with Crippen molar-refractivity contribution < 1.29 is 28.5 Å². The minimum atomic E-state index is -0.908. The van der Waals surface area contributed by atoms with Gasteiger partial charge in [-0.15, -0.1) is 0 Å². The van der Waals surface area contributed by atoms with E-state index in [9.17, 15) is 4.79 Å². The molecule has 11 nitrogen and oxygen atoms in total. The van der Waals surface area contributed by atoms with Crippen LogP contribution in [0.2, 0.25) is 0 Å². The van der Waals surface area contributed by atoms with Gasteiger partial charge in [-0.1, -0.05) is 18.2 Å². The van der Waals surface area contributed by atoms with Gasteiger partial charge in [-0.05, 0) is 63.6 Å². The molecule has 42 heavy (non-hydrogen) atoms. The average Bonchev–Trinajstić information content (AvgIpc) is 3.46. The number of nitrogens with one attached hydrogen (secondary N) is 1. The van der Waals surface area contributed by atoms with Crippen LogP contribution < -0.4 is 5.32 Å². The van der Waals surface area contributed by atoms with E-state index < -0.39 is 42.3 Å². The van der Waals surface area contributed by atoms with Gasteiger partial charge in [0.2, 0.25) is 0 Å².